The predicted octanol–water partition coefficient (Wildman–Crippen LogP) is 5.30. The summed E-state index contributed by atoms with van der Waals surface area (Å²) < 4.78 is 3.45. The highest BCUT2D eigenvalue weighted by Gasteiger charge is 2.21. The van der Waals surface area contributed by atoms with Crippen LogP contribution in [0.4, 0.5) is 0 Å². The maximum atomic E-state index is 6.17. The van der Waals surface area contributed by atoms with Crippen LogP contribution in [0.5, 0.6) is 0 Å². The first kappa shape index (κ1) is 14.5. The molecular formula is C14H13BrN2S3. The summed E-state index contributed by atoms with van der Waals surface area (Å²) in [5, 5.41) is 0.242. The Morgan fingerprint density at radius 1 is 1.20 bits per heavy atom. The molecule has 2 atom stereocenters. The molecule has 0 saturated carbocycles. The van der Waals surface area contributed by atoms with E-state index in [2.05, 4.69) is 52.1 Å². The molecule has 0 aliphatic carbocycles. The second-order valence-electron chi connectivity index (χ2n) is 4.49. The molecule has 6 heteroatoms. The van der Waals surface area contributed by atoms with E-state index in [0.29, 0.717) is 0 Å². The molecule has 0 amide bonds. The molecule has 3 rings (SSSR count). The van der Waals surface area contributed by atoms with Gasteiger partial charge in [0.25, 0.3) is 0 Å². The first-order valence-corrected chi connectivity index (χ1v) is 9.47. The molecule has 0 aliphatic rings. The van der Waals surface area contributed by atoms with Crippen molar-refractivity contribution in [1.29, 1.82) is 0 Å². The second kappa shape index (κ2) is 6.15. The van der Waals surface area contributed by atoms with E-state index in [1.165, 1.54) is 9.58 Å². The summed E-state index contributed by atoms with van der Waals surface area (Å²) >= 11 is 8.76. The first-order chi connectivity index (χ1) is 9.63. The van der Waals surface area contributed by atoms with Gasteiger partial charge in [0.2, 0.25) is 0 Å². The molecule has 0 spiro atoms. The minimum Gasteiger partial charge on any atom is -0.327 e. The van der Waals surface area contributed by atoms with E-state index in [0.717, 1.165) is 13.6 Å². The zero-order valence-corrected chi connectivity index (χ0v) is 14.8. The maximum Gasteiger partial charge on any atom is 0.151 e. The topological polar surface area (TPSA) is 38.9 Å². The van der Waals surface area contributed by atoms with E-state index in [1.54, 1.807) is 34.4 Å². The van der Waals surface area contributed by atoms with Gasteiger partial charge >= 0.3 is 0 Å². The molecule has 2 N–H and O–H groups in total. The third-order valence-electron chi connectivity index (χ3n) is 2.85. The van der Waals surface area contributed by atoms with Gasteiger partial charge < -0.3 is 5.73 Å². The Kier molecular flexibility index (Phi) is 4.47. The molecule has 0 fully saturated rings. The molecule has 1 aromatic carbocycles. The van der Waals surface area contributed by atoms with Gasteiger partial charge in [-0.3, -0.25) is 0 Å². The van der Waals surface area contributed by atoms with E-state index in [4.69, 9.17) is 5.73 Å². The molecule has 2 nitrogen and oxygen atoms in total. The van der Waals surface area contributed by atoms with Gasteiger partial charge in [-0.25, -0.2) is 4.98 Å². The van der Waals surface area contributed by atoms with Gasteiger partial charge in [0.15, 0.2) is 4.34 Å². The molecule has 0 radical (unpaired) electrons. The number of aromatic nitrogens is 1. The Balaban J connectivity index is 1.89. The van der Waals surface area contributed by atoms with E-state index < -0.39 is 0 Å². The molecule has 3 aromatic rings. The quantitative estimate of drug-likeness (QED) is 0.620. The van der Waals surface area contributed by atoms with Crippen molar-refractivity contribution in [1.82, 2.24) is 4.98 Å². The zero-order valence-electron chi connectivity index (χ0n) is 10.7. The Hall–Kier alpha value is -0.400. The van der Waals surface area contributed by atoms with Crippen molar-refractivity contribution in [3.05, 3.63) is 45.1 Å². The smallest absolute Gasteiger partial charge is 0.151 e. The van der Waals surface area contributed by atoms with Crippen LogP contribution in [0.25, 0.3) is 10.2 Å². The number of rotatable bonds is 4. The number of para-hydroxylation sites is 1. The average Bonchev–Trinajstić information content (AvgIpc) is 3.01. The Bertz CT molecular complexity index is 687. The maximum absolute atomic E-state index is 6.17. The lowest BCUT2D eigenvalue weighted by Gasteiger charge is -2.17. The molecule has 2 heterocycles. The van der Waals surface area contributed by atoms with Gasteiger partial charge in [-0.2, -0.15) is 0 Å². The lowest BCUT2D eigenvalue weighted by molar-refractivity contribution is 0.730. The lowest BCUT2D eigenvalue weighted by atomic mass is 10.2. The van der Waals surface area contributed by atoms with E-state index in [9.17, 15) is 0 Å². The van der Waals surface area contributed by atoms with Crippen LogP contribution in [-0.2, 0) is 0 Å². The number of hydrogen-bond acceptors (Lipinski definition) is 5. The summed E-state index contributed by atoms with van der Waals surface area (Å²) in [6.45, 7) is 2.05. The molecule has 104 valence electrons. The summed E-state index contributed by atoms with van der Waals surface area (Å²) in [7, 11) is 0. The summed E-state index contributed by atoms with van der Waals surface area (Å²) in [5.74, 6) is 0. The number of hydrogen-bond donors (Lipinski definition) is 1. The van der Waals surface area contributed by atoms with Gasteiger partial charge in [0.1, 0.15) is 0 Å². The molecule has 0 bridgehead atoms. The summed E-state index contributed by atoms with van der Waals surface area (Å²) in [5.41, 5.74) is 7.23. The molecule has 0 aliphatic heterocycles. The van der Waals surface area contributed by atoms with Crippen LogP contribution in [0, 0.1) is 0 Å². The fourth-order valence-electron chi connectivity index (χ4n) is 1.92. The highest BCUT2D eigenvalue weighted by atomic mass is 79.9. The van der Waals surface area contributed by atoms with Crippen LogP contribution in [0.15, 0.2) is 44.5 Å². The van der Waals surface area contributed by atoms with Crippen LogP contribution in [0.3, 0.4) is 0 Å². The number of nitrogens with two attached hydrogens (primary N) is 1. The predicted molar refractivity (Wildman–Crippen MR) is 93.9 cm³/mol. The monoisotopic (exact) mass is 384 g/mol. The third kappa shape index (κ3) is 3.09. The SMILES string of the molecule is CC(N)C(Sc1nc2ccccc2s1)c1ccc(Br)s1. The van der Waals surface area contributed by atoms with Gasteiger partial charge in [0, 0.05) is 10.9 Å². The van der Waals surface area contributed by atoms with E-state index in [-0.39, 0.29) is 11.3 Å². The van der Waals surface area contributed by atoms with Crippen LogP contribution >= 0.6 is 50.4 Å². The van der Waals surface area contributed by atoms with Crippen molar-refractivity contribution in [2.45, 2.75) is 22.6 Å². The van der Waals surface area contributed by atoms with E-state index >= 15 is 0 Å². The van der Waals surface area contributed by atoms with Crippen molar-refractivity contribution in [2.75, 3.05) is 0 Å². The number of nitrogens with zero attached hydrogens (tertiary/aromatic N) is 1. The summed E-state index contributed by atoms with van der Waals surface area (Å²) in [4.78, 5) is 5.97. The number of thiazole rings is 1. The van der Waals surface area contributed by atoms with Crippen molar-refractivity contribution in [3.63, 3.8) is 0 Å². The fraction of sp³-hybridized carbons (Fsp3) is 0.214. The number of thioether (sulfide) groups is 1. The van der Waals surface area contributed by atoms with Crippen molar-refractivity contribution >= 4 is 60.6 Å². The van der Waals surface area contributed by atoms with Crippen molar-refractivity contribution in [3.8, 4) is 0 Å². The molecule has 20 heavy (non-hydrogen) atoms. The minimum absolute atomic E-state index is 0.0811. The molecule has 0 saturated heterocycles. The number of fused-ring (bicyclic) bond motifs is 1. The molecular weight excluding hydrogens is 372 g/mol. The third-order valence-corrected chi connectivity index (χ3v) is 7.31. The number of thiophene rings is 1. The van der Waals surface area contributed by atoms with Crippen LogP contribution in [-0.4, -0.2) is 11.0 Å². The standard InChI is InChI=1S/C14H13BrN2S3/c1-8(16)13(11-6-7-12(15)18-11)20-14-17-9-4-2-3-5-10(9)19-14/h2-8,13H,16H2,1H3. The summed E-state index contributed by atoms with van der Waals surface area (Å²) in [6.07, 6.45) is 0. The Labute approximate surface area is 138 Å². The van der Waals surface area contributed by atoms with Crippen LogP contribution in [0.2, 0.25) is 0 Å². The first-order valence-electron chi connectivity index (χ1n) is 6.16. The number of benzene rings is 1. The summed E-state index contributed by atoms with van der Waals surface area (Å²) in [6, 6.07) is 12.5. The number of halogens is 1. The van der Waals surface area contributed by atoms with Crippen molar-refractivity contribution < 1.29 is 0 Å². The van der Waals surface area contributed by atoms with Crippen LogP contribution < -0.4 is 5.73 Å². The highest BCUT2D eigenvalue weighted by Crippen LogP contribution is 2.43. The van der Waals surface area contributed by atoms with Gasteiger partial charge in [0.05, 0.1) is 19.3 Å². The lowest BCUT2D eigenvalue weighted by Crippen LogP contribution is -2.21. The zero-order chi connectivity index (χ0) is 14.1. The van der Waals surface area contributed by atoms with Crippen molar-refractivity contribution in [2.24, 2.45) is 5.73 Å². The fourth-order valence-corrected chi connectivity index (χ4v) is 5.97. The van der Waals surface area contributed by atoms with Crippen LogP contribution in [0.1, 0.15) is 17.1 Å². The normalized spacial score (nSPS) is 14.6. The van der Waals surface area contributed by atoms with Gasteiger partial charge in [-0.05, 0) is 47.1 Å². The van der Waals surface area contributed by atoms with Gasteiger partial charge in [-0.15, -0.1) is 22.7 Å². The Morgan fingerprint density at radius 2 is 2.00 bits per heavy atom. The average molecular weight is 385 g/mol. The van der Waals surface area contributed by atoms with E-state index in [1.807, 2.05) is 12.1 Å². The minimum atomic E-state index is 0.0811. The second-order valence-corrected chi connectivity index (χ2v) is 9.40. The molecule has 2 aromatic heterocycles. The highest BCUT2D eigenvalue weighted by molar-refractivity contribution is 9.11. The molecule has 2 unspecified atom stereocenters. The van der Waals surface area contributed by atoms with Gasteiger partial charge in [-0.1, -0.05) is 23.9 Å². The largest absolute Gasteiger partial charge is 0.327 e. The Morgan fingerprint density at radius 3 is 2.65 bits per heavy atom.